The van der Waals surface area contributed by atoms with E-state index < -0.39 is 0 Å². The summed E-state index contributed by atoms with van der Waals surface area (Å²) in [6, 6.07) is 2.97. The molecule has 1 rings (SSSR count). The molecule has 0 saturated carbocycles. The van der Waals surface area contributed by atoms with Gasteiger partial charge in [0.05, 0.1) is 0 Å². The molecule has 0 amide bonds. The van der Waals surface area contributed by atoms with E-state index >= 15 is 0 Å². The molecule has 2 heteroatoms. The maximum atomic E-state index is 3.76. The lowest BCUT2D eigenvalue weighted by molar-refractivity contribution is 0.465. The van der Waals surface area contributed by atoms with Crippen molar-refractivity contribution in [3.8, 4) is 0 Å². The summed E-state index contributed by atoms with van der Waals surface area (Å²) < 4.78 is 0. The monoisotopic (exact) mass is 309 g/mol. The molecular formula is C19H35NS. The predicted octanol–water partition coefficient (Wildman–Crippen LogP) is 6.55. The molecular weight excluding hydrogens is 274 g/mol. The molecule has 21 heavy (non-hydrogen) atoms. The molecule has 1 atom stereocenters. The maximum Gasteiger partial charge on any atom is 0.0331 e. The first-order valence-corrected chi connectivity index (χ1v) is 9.81. The highest BCUT2D eigenvalue weighted by molar-refractivity contribution is 7.12. The summed E-state index contributed by atoms with van der Waals surface area (Å²) in [6.45, 7) is 10.2. The Morgan fingerprint density at radius 1 is 0.952 bits per heavy atom. The Kier molecular flexibility index (Phi) is 10.0. The molecule has 0 fully saturated rings. The Morgan fingerprint density at radius 3 is 2.19 bits per heavy atom. The van der Waals surface area contributed by atoms with Crippen LogP contribution in [0.2, 0.25) is 0 Å². The Bertz CT molecular complexity index is 370. The second kappa shape index (κ2) is 11.3. The predicted molar refractivity (Wildman–Crippen MR) is 97.4 cm³/mol. The van der Waals surface area contributed by atoms with Crippen molar-refractivity contribution in [2.45, 2.75) is 91.5 Å². The van der Waals surface area contributed by atoms with Crippen molar-refractivity contribution < 1.29 is 0 Å². The van der Waals surface area contributed by atoms with Crippen LogP contribution in [-0.4, -0.2) is 6.54 Å². The van der Waals surface area contributed by atoms with Gasteiger partial charge in [-0.3, -0.25) is 0 Å². The highest BCUT2D eigenvalue weighted by atomic mass is 32.1. The van der Waals surface area contributed by atoms with Gasteiger partial charge in [-0.05, 0) is 44.9 Å². The van der Waals surface area contributed by atoms with Gasteiger partial charge < -0.3 is 5.32 Å². The summed E-state index contributed by atoms with van der Waals surface area (Å²) in [5.41, 5.74) is 1.55. The number of hydrogen-bond donors (Lipinski definition) is 1. The lowest BCUT2D eigenvalue weighted by Gasteiger charge is -2.19. The van der Waals surface area contributed by atoms with Gasteiger partial charge in [0.15, 0.2) is 0 Å². The van der Waals surface area contributed by atoms with Crippen molar-refractivity contribution >= 4 is 11.3 Å². The van der Waals surface area contributed by atoms with Crippen LogP contribution in [-0.2, 0) is 0 Å². The first kappa shape index (κ1) is 18.7. The number of rotatable bonds is 12. The average Bonchev–Trinajstić information content (AvgIpc) is 2.80. The summed E-state index contributed by atoms with van der Waals surface area (Å²) in [6.07, 6.45) is 12.3. The minimum atomic E-state index is 0.575. The summed E-state index contributed by atoms with van der Waals surface area (Å²) >= 11 is 1.94. The zero-order valence-corrected chi connectivity index (χ0v) is 15.5. The number of thiophene rings is 1. The van der Waals surface area contributed by atoms with Gasteiger partial charge in [-0.15, -0.1) is 11.3 Å². The Labute approximate surface area is 136 Å². The Morgan fingerprint density at radius 2 is 1.62 bits per heavy atom. The van der Waals surface area contributed by atoms with Crippen LogP contribution < -0.4 is 5.32 Å². The second-order valence-corrected chi connectivity index (χ2v) is 7.75. The lowest BCUT2D eigenvalue weighted by atomic mass is 9.99. The summed E-state index contributed by atoms with van der Waals surface area (Å²) in [4.78, 5) is 2.95. The smallest absolute Gasteiger partial charge is 0.0331 e. The molecule has 1 aromatic rings. The fraction of sp³-hybridized carbons (Fsp3) is 0.789. The summed E-state index contributed by atoms with van der Waals surface area (Å²) in [5, 5.41) is 3.76. The first-order chi connectivity index (χ1) is 10.2. The maximum absolute atomic E-state index is 3.76. The standard InChI is InChI=1S/C19H35NS/c1-5-7-8-9-10-11-12-13-19(20-14-6-2)18-15-16(3)21-17(18)4/h15,19-20H,5-14H2,1-4H3. The third-order valence-corrected chi connectivity index (χ3v) is 5.17. The van der Waals surface area contributed by atoms with Crippen molar-refractivity contribution in [1.82, 2.24) is 5.32 Å². The van der Waals surface area contributed by atoms with E-state index in [1.54, 1.807) is 5.56 Å². The van der Waals surface area contributed by atoms with Gasteiger partial charge in [-0.1, -0.05) is 58.8 Å². The number of unbranched alkanes of at least 4 members (excludes halogenated alkanes) is 6. The van der Waals surface area contributed by atoms with Gasteiger partial charge in [0, 0.05) is 15.8 Å². The highest BCUT2D eigenvalue weighted by Crippen LogP contribution is 2.29. The molecule has 1 N–H and O–H groups in total. The van der Waals surface area contributed by atoms with E-state index in [1.165, 1.54) is 67.5 Å². The molecule has 0 radical (unpaired) electrons. The van der Waals surface area contributed by atoms with Crippen LogP contribution in [0, 0.1) is 13.8 Å². The zero-order chi connectivity index (χ0) is 15.5. The SMILES string of the molecule is CCCCCCCCCC(NCCC)c1cc(C)sc1C. The van der Waals surface area contributed by atoms with Crippen LogP contribution in [0.3, 0.4) is 0 Å². The Hall–Kier alpha value is -0.340. The fourth-order valence-electron chi connectivity index (χ4n) is 2.99. The quantitative estimate of drug-likeness (QED) is 0.432. The van der Waals surface area contributed by atoms with Gasteiger partial charge in [0.25, 0.3) is 0 Å². The third-order valence-electron chi connectivity index (χ3n) is 4.19. The first-order valence-electron chi connectivity index (χ1n) is 8.99. The topological polar surface area (TPSA) is 12.0 Å². The minimum Gasteiger partial charge on any atom is -0.310 e. The Balaban J connectivity index is 2.35. The zero-order valence-electron chi connectivity index (χ0n) is 14.6. The normalized spacial score (nSPS) is 12.8. The molecule has 1 unspecified atom stereocenters. The molecule has 0 aliphatic heterocycles. The van der Waals surface area contributed by atoms with Crippen LogP contribution in [0.15, 0.2) is 6.07 Å². The van der Waals surface area contributed by atoms with Crippen molar-refractivity contribution in [2.75, 3.05) is 6.54 Å². The van der Waals surface area contributed by atoms with Gasteiger partial charge >= 0.3 is 0 Å². The molecule has 0 saturated heterocycles. The van der Waals surface area contributed by atoms with Crippen LogP contribution in [0.4, 0.5) is 0 Å². The molecule has 122 valence electrons. The van der Waals surface area contributed by atoms with E-state index in [4.69, 9.17) is 0 Å². The van der Waals surface area contributed by atoms with Crippen molar-refractivity contribution in [2.24, 2.45) is 0 Å². The van der Waals surface area contributed by atoms with E-state index in [0.29, 0.717) is 6.04 Å². The molecule has 0 aliphatic rings. The fourth-order valence-corrected chi connectivity index (χ4v) is 3.98. The van der Waals surface area contributed by atoms with Gasteiger partial charge in [0.1, 0.15) is 0 Å². The second-order valence-electron chi connectivity index (χ2n) is 6.29. The molecule has 1 aromatic heterocycles. The molecule has 1 heterocycles. The average molecular weight is 310 g/mol. The van der Waals surface area contributed by atoms with Crippen LogP contribution >= 0.6 is 11.3 Å². The van der Waals surface area contributed by atoms with Crippen molar-refractivity contribution in [3.05, 3.63) is 21.4 Å². The summed E-state index contributed by atoms with van der Waals surface area (Å²) in [7, 11) is 0. The van der Waals surface area contributed by atoms with Crippen molar-refractivity contribution in [1.29, 1.82) is 0 Å². The summed E-state index contributed by atoms with van der Waals surface area (Å²) in [5.74, 6) is 0. The number of aryl methyl sites for hydroxylation is 2. The largest absolute Gasteiger partial charge is 0.310 e. The molecule has 1 nitrogen and oxygen atoms in total. The van der Waals surface area contributed by atoms with Gasteiger partial charge in [0.2, 0.25) is 0 Å². The molecule has 0 aliphatic carbocycles. The van der Waals surface area contributed by atoms with Crippen molar-refractivity contribution in [3.63, 3.8) is 0 Å². The van der Waals surface area contributed by atoms with Crippen LogP contribution in [0.5, 0.6) is 0 Å². The molecule has 0 spiro atoms. The lowest BCUT2D eigenvalue weighted by Crippen LogP contribution is -2.22. The van der Waals surface area contributed by atoms with E-state index in [-0.39, 0.29) is 0 Å². The van der Waals surface area contributed by atoms with Gasteiger partial charge in [-0.2, -0.15) is 0 Å². The van der Waals surface area contributed by atoms with Crippen LogP contribution in [0.25, 0.3) is 0 Å². The van der Waals surface area contributed by atoms with E-state index in [0.717, 1.165) is 6.54 Å². The van der Waals surface area contributed by atoms with Gasteiger partial charge in [-0.25, -0.2) is 0 Å². The minimum absolute atomic E-state index is 0.575. The van der Waals surface area contributed by atoms with Crippen LogP contribution in [0.1, 0.15) is 93.0 Å². The highest BCUT2D eigenvalue weighted by Gasteiger charge is 2.14. The number of nitrogens with one attached hydrogen (secondary N) is 1. The van der Waals surface area contributed by atoms with E-state index in [2.05, 4.69) is 39.1 Å². The molecule has 0 bridgehead atoms. The van der Waals surface area contributed by atoms with E-state index in [9.17, 15) is 0 Å². The molecule has 0 aromatic carbocycles. The third kappa shape index (κ3) is 7.46. The number of hydrogen-bond acceptors (Lipinski definition) is 2. The van der Waals surface area contributed by atoms with E-state index in [1.807, 2.05) is 11.3 Å².